The number of ether oxygens (including phenoxy) is 3. The summed E-state index contributed by atoms with van der Waals surface area (Å²) in [6.07, 6.45) is 0. The molecule has 2 aromatic heterocycles. The summed E-state index contributed by atoms with van der Waals surface area (Å²) in [6.45, 7) is 12.0. The molecule has 29 heavy (non-hydrogen) atoms. The zero-order valence-corrected chi connectivity index (χ0v) is 20.9. The molecule has 1 fully saturated rings. The van der Waals surface area contributed by atoms with Crippen molar-refractivity contribution < 1.29 is 19.0 Å². The van der Waals surface area contributed by atoms with Crippen molar-refractivity contribution in [1.82, 2.24) is 14.8 Å². The third-order valence-electron chi connectivity index (χ3n) is 4.92. The van der Waals surface area contributed by atoms with Crippen molar-refractivity contribution in [2.75, 3.05) is 38.4 Å². The molecule has 0 bridgehead atoms. The molecule has 8 nitrogen and oxygen atoms in total. The van der Waals surface area contributed by atoms with Crippen LogP contribution in [0.2, 0.25) is 25.7 Å². The number of halogens is 1. The van der Waals surface area contributed by atoms with Gasteiger partial charge in [-0.05, 0) is 41.6 Å². The summed E-state index contributed by atoms with van der Waals surface area (Å²) in [4.78, 5) is 19.6. The fourth-order valence-electron chi connectivity index (χ4n) is 3.24. The van der Waals surface area contributed by atoms with Crippen molar-refractivity contribution >= 4 is 53.5 Å². The number of methoxy groups -OCH3 is 1. The van der Waals surface area contributed by atoms with E-state index in [2.05, 4.69) is 59.2 Å². The lowest BCUT2D eigenvalue weighted by molar-refractivity contribution is 0.0599. The Balaban J connectivity index is 1.96. The molecule has 1 aliphatic heterocycles. The van der Waals surface area contributed by atoms with E-state index in [0.717, 1.165) is 22.1 Å². The lowest BCUT2D eigenvalue weighted by Gasteiger charge is -2.34. The first-order valence-electron chi connectivity index (χ1n) is 9.79. The van der Waals surface area contributed by atoms with Crippen LogP contribution in [-0.4, -0.2) is 68.3 Å². The van der Waals surface area contributed by atoms with Gasteiger partial charge in [0.15, 0.2) is 0 Å². The summed E-state index contributed by atoms with van der Waals surface area (Å²) in [7, 11) is 0.221. The first-order valence-corrected chi connectivity index (χ1v) is 14.6. The second kappa shape index (κ2) is 9.27. The highest BCUT2D eigenvalue weighted by Crippen LogP contribution is 2.29. The fourth-order valence-corrected chi connectivity index (χ4v) is 4.63. The minimum Gasteiger partial charge on any atom is -0.465 e. The Morgan fingerprint density at radius 3 is 2.83 bits per heavy atom. The molecule has 0 saturated carbocycles. The van der Waals surface area contributed by atoms with E-state index < -0.39 is 14.0 Å². The van der Waals surface area contributed by atoms with E-state index in [9.17, 15) is 4.79 Å². The molecule has 0 aliphatic carbocycles. The van der Waals surface area contributed by atoms with Gasteiger partial charge in [0.2, 0.25) is 0 Å². The summed E-state index contributed by atoms with van der Waals surface area (Å²) in [5.41, 5.74) is 1.80. The highest BCUT2D eigenvalue weighted by Gasteiger charge is 2.26. The average Bonchev–Trinajstić information content (AvgIpc) is 2.99. The maximum atomic E-state index is 12.6. The molecule has 3 heterocycles. The number of pyridine rings is 1. The Hall–Kier alpha value is -1.24. The van der Waals surface area contributed by atoms with Crippen LogP contribution in [-0.2, 0) is 20.9 Å². The molecule has 1 aliphatic rings. The predicted octanol–water partition coefficient (Wildman–Crippen LogP) is 3.36. The van der Waals surface area contributed by atoms with E-state index >= 15 is 0 Å². The van der Waals surface area contributed by atoms with Crippen LogP contribution in [0.4, 0.5) is 5.82 Å². The van der Waals surface area contributed by atoms with E-state index in [0.29, 0.717) is 36.4 Å². The Labute approximate surface area is 186 Å². The molecule has 0 spiro atoms. The summed E-state index contributed by atoms with van der Waals surface area (Å²) >= 11 is 2.16. The summed E-state index contributed by atoms with van der Waals surface area (Å²) in [5.74, 6) is 0.338. The van der Waals surface area contributed by atoms with Crippen molar-refractivity contribution in [2.24, 2.45) is 0 Å². The van der Waals surface area contributed by atoms with Gasteiger partial charge in [0.1, 0.15) is 27.3 Å². The first-order chi connectivity index (χ1) is 13.7. The number of morpholine rings is 1. The van der Waals surface area contributed by atoms with Crippen LogP contribution in [0.5, 0.6) is 0 Å². The van der Waals surface area contributed by atoms with E-state index in [1.165, 1.54) is 7.11 Å². The monoisotopic (exact) mass is 532 g/mol. The molecular weight excluding hydrogens is 503 g/mol. The first kappa shape index (κ1) is 22.4. The van der Waals surface area contributed by atoms with E-state index in [1.54, 1.807) is 10.7 Å². The van der Waals surface area contributed by atoms with Gasteiger partial charge < -0.3 is 19.1 Å². The van der Waals surface area contributed by atoms with Gasteiger partial charge in [0, 0.05) is 21.2 Å². The lowest BCUT2D eigenvalue weighted by Crippen LogP contribution is -2.44. The number of hydrogen-bond acceptors (Lipinski definition) is 7. The van der Waals surface area contributed by atoms with Gasteiger partial charge in [0.05, 0.1) is 31.9 Å². The van der Waals surface area contributed by atoms with Crippen LogP contribution >= 0.6 is 22.6 Å². The van der Waals surface area contributed by atoms with Gasteiger partial charge >= 0.3 is 5.97 Å². The largest absolute Gasteiger partial charge is 0.465 e. The van der Waals surface area contributed by atoms with Gasteiger partial charge in [-0.1, -0.05) is 19.6 Å². The molecule has 1 saturated heterocycles. The van der Waals surface area contributed by atoms with Crippen LogP contribution in [0, 0.1) is 3.70 Å². The molecule has 2 aromatic rings. The second-order valence-corrected chi connectivity index (χ2v) is 15.1. The second-order valence-electron chi connectivity index (χ2n) is 8.47. The number of carbonyl (C=O) groups excluding carboxylic acids is 1. The quantitative estimate of drug-likeness (QED) is 0.234. The van der Waals surface area contributed by atoms with Gasteiger partial charge in [-0.3, -0.25) is 0 Å². The molecule has 3 rings (SSSR count). The Morgan fingerprint density at radius 2 is 2.17 bits per heavy atom. The van der Waals surface area contributed by atoms with Crippen LogP contribution in [0.1, 0.15) is 17.3 Å². The fraction of sp³-hybridized carbons (Fsp3) is 0.632. The highest BCUT2D eigenvalue weighted by molar-refractivity contribution is 14.1. The van der Waals surface area contributed by atoms with Crippen LogP contribution in [0.15, 0.2) is 6.07 Å². The molecule has 160 valence electrons. The van der Waals surface area contributed by atoms with Gasteiger partial charge in [-0.15, -0.1) is 0 Å². The highest BCUT2D eigenvalue weighted by atomic mass is 127. The third kappa shape index (κ3) is 5.28. The van der Waals surface area contributed by atoms with E-state index in [1.807, 2.05) is 0 Å². The summed E-state index contributed by atoms with van der Waals surface area (Å²) in [5, 5.41) is 4.58. The van der Waals surface area contributed by atoms with Crippen LogP contribution in [0.25, 0.3) is 11.0 Å². The number of hydrogen-bond donors (Lipinski definition) is 0. The molecule has 0 aromatic carbocycles. The minimum absolute atomic E-state index is 0.178. The molecule has 0 radical (unpaired) electrons. The number of esters is 1. The van der Waals surface area contributed by atoms with E-state index in [4.69, 9.17) is 19.2 Å². The molecular formula is C19H29IN4O4Si. The summed E-state index contributed by atoms with van der Waals surface area (Å²) < 4.78 is 18.9. The number of rotatable bonds is 7. The SMILES string of the molecule is COC(=O)c1cc(N2CCOC[C@H]2C)nc2c(I)nn(COCC[Si](C)(C)C)c12. The zero-order chi connectivity index (χ0) is 21.2. The standard InChI is InChI=1S/C19H29IN4O4Si/c1-13-11-27-7-6-23(13)15-10-14(19(25)26-2)17-16(21-15)18(20)22-24(17)12-28-8-9-29(3,4)5/h10,13H,6-9,11-12H2,1-5H3/t13-/m1/s1. The van der Waals surface area contributed by atoms with Gasteiger partial charge in [-0.25, -0.2) is 14.5 Å². The number of anilines is 1. The Morgan fingerprint density at radius 1 is 1.41 bits per heavy atom. The van der Waals surface area contributed by atoms with Crippen LogP contribution in [0.3, 0.4) is 0 Å². The average molecular weight is 532 g/mol. The van der Waals surface area contributed by atoms with Crippen molar-refractivity contribution in [2.45, 2.75) is 45.4 Å². The zero-order valence-electron chi connectivity index (χ0n) is 17.7. The smallest absolute Gasteiger partial charge is 0.340 e. The lowest BCUT2D eigenvalue weighted by atomic mass is 10.2. The number of carbonyl (C=O) groups is 1. The van der Waals surface area contributed by atoms with Crippen molar-refractivity contribution in [3.8, 4) is 0 Å². The maximum Gasteiger partial charge on any atom is 0.340 e. The van der Waals surface area contributed by atoms with Crippen LogP contribution < -0.4 is 4.90 Å². The van der Waals surface area contributed by atoms with Crippen molar-refractivity contribution in [3.63, 3.8) is 0 Å². The normalized spacial score (nSPS) is 17.7. The third-order valence-corrected chi connectivity index (χ3v) is 7.35. The maximum absolute atomic E-state index is 12.6. The Kier molecular flexibility index (Phi) is 7.17. The Bertz CT molecular complexity index is 883. The summed E-state index contributed by atoms with van der Waals surface area (Å²) in [6, 6.07) is 3.05. The molecule has 0 N–H and O–H groups in total. The van der Waals surface area contributed by atoms with Crippen molar-refractivity contribution in [3.05, 3.63) is 15.3 Å². The van der Waals surface area contributed by atoms with E-state index in [-0.39, 0.29) is 12.8 Å². The number of aromatic nitrogens is 3. The molecule has 10 heteroatoms. The molecule has 1 atom stereocenters. The molecule has 0 amide bonds. The van der Waals surface area contributed by atoms with Crippen molar-refractivity contribution in [1.29, 1.82) is 0 Å². The number of fused-ring (bicyclic) bond motifs is 1. The topological polar surface area (TPSA) is 78.7 Å². The molecule has 0 unspecified atom stereocenters. The predicted molar refractivity (Wildman–Crippen MR) is 123 cm³/mol. The minimum atomic E-state index is -1.17. The van der Waals surface area contributed by atoms with Gasteiger partial charge in [-0.2, -0.15) is 5.10 Å². The van der Waals surface area contributed by atoms with Gasteiger partial charge in [0.25, 0.3) is 0 Å². The number of nitrogens with zero attached hydrogens (tertiary/aromatic N) is 4.